The monoisotopic (exact) mass is 490 g/mol. The second kappa shape index (κ2) is 13.1. The van der Waals surface area contributed by atoms with Crippen molar-refractivity contribution in [1.82, 2.24) is 20.6 Å². The average Bonchev–Trinajstić information content (AvgIpc) is 3.55. The maximum Gasteiger partial charge on any atom is 0.233 e. The van der Waals surface area contributed by atoms with Crippen LogP contribution in [0.25, 0.3) is 0 Å². The Morgan fingerprint density at radius 2 is 1.97 bits per heavy atom. The molecule has 0 spiro atoms. The third-order valence-corrected chi connectivity index (χ3v) is 7.36. The summed E-state index contributed by atoms with van der Waals surface area (Å²) in [5.74, 6) is 0.862. The Labute approximate surface area is 208 Å². The summed E-state index contributed by atoms with van der Waals surface area (Å²) >= 11 is 0. The minimum Gasteiger partial charge on any atom is -0.468 e. The summed E-state index contributed by atoms with van der Waals surface area (Å²) in [6.07, 6.45) is 9.35. The van der Waals surface area contributed by atoms with Crippen LogP contribution in [0.5, 0.6) is 0 Å². The molecule has 9 nitrogen and oxygen atoms in total. The molecule has 2 aliphatic rings. The zero-order chi connectivity index (χ0) is 25.3. The number of hydroxylamine groups is 2. The Morgan fingerprint density at radius 3 is 2.60 bits per heavy atom. The van der Waals surface area contributed by atoms with Crippen molar-refractivity contribution in [2.24, 2.45) is 17.3 Å². The van der Waals surface area contributed by atoms with Gasteiger partial charge in [-0.25, -0.2) is 5.06 Å². The summed E-state index contributed by atoms with van der Waals surface area (Å²) in [4.78, 5) is 38.7. The van der Waals surface area contributed by atoms with E-state index in [-0.39, 0.29) is 18.4 Å². The number of rotatable bonds is 13. The Balaban J connectivity index is 1.41. The fourth-order valence-corrected chi connectivity index (χ4v) is 5.23. The number of carbonyl (C=O) groups is 3. The lowest BCUT2D eigenvalue weighted by atomic mass is 9.87. The molecule has 35 heavy (non-hydrogen) atoms. The van der Waals surface area contributed by atoms with Crippen molar-refractivity contribution < 1.29 is 24.0 Å². The van der Waals surface area contributed by atoms with Crippen LogP contribution in [0.1, 0.15) is 71.0 Å². The third-order valence-electron chi connectivity index (χ3n) is 7.36. The van der Waals surface area contributed by atoms with Gasteiger partial charge in [-0.2, -0.15) is 0 Å². The molecule has 1 saturated heterocycles. The summed E-state index contributed by atoms with van der Waals surface area (Å²) < 4.78 is 5.36. The third kappa shape index (κ3) is 8.96. The molecule has 0 radical (unpaired) electrons. The molecule has 196 valence electrons. The van der Waals surface area contributed by atoms with Crippen molar-refractivity contribution in [2.75, 3.05) is 26.2 Å². The average molecular weight is 491 g/mol. The molecule has 0 aromatic carbocycles. The SMILES string of the molecule is CC(C)(CNC(=O)[C@H](CC1CCCC1)CN(O)C=O)CC(=O)N1CCC(NCc2ccco2)CC1. The number of likely N-dealkylation sites (tertiary alicyclic amines) is 1. The van der Waals surface area contributed by atoms with E-state index in [4.69, 9.17) is 4.42 Å². The molecule has 0 bridgehead atoms. The molecule has 1 aromatic rings. The number of hydrogen-bond donors (Lipinski definition) is 3. The van der Waals surface area contributed by atoms with E-state index in [1.165, 1.54) is 12.8 Å². The highest BCUT2D eigenvalue weighted by Gasteiger charge is 2.31. The molecule has 1 aromatic heterocycles. The smallest absolute Gasteiger partial charge is 0.233 e. The zero-order valence-corrected chi connectivity index (χ0v) is 21.2. The molecule has 2 fully saturated rings. The summed E-state index contributed by atoms with van der Waals surface area (Å²) in [5, 5.41) is 16.7. The summed E-state index contributed by atoms with van der Waals surface area (Å²) in [6, 6.07) is 4.20. The lowest BCUT2D eigenvalue weighted by Crippen LogP contribution is -2.47. The van der Waals surface area contributed by atoms with Gasteiger partial charge in [-0.1, -0.05) is 39.5 Å². The van der Waals surface area contributed by atoms with Crippen LogP contribution in [0, 0.1) is 17.3 Å². The van der Waals surface area contributed by atoms with E-state index >= 15 is 0 Å². The molecule has 3 N–H and O–H groups in total. The van der Waals surface area contributed by atoms with E-state index in [1.54, 1.807) is 6.26 Å². The molecule has 1 atom stereocenters. The molecule has 3 rings (SSSR count). The van der Waals surface area contributed by atoms with Crippen molar-refractivity contribution in [1.29, 1.82) is 0 Å². The van der Waals surface area contributed by atoms with Crippen LogP contribution >= 0.6 is 0 Å². The van der Waals surface area contributed by atoms with E-state index in [9.17, 15) is 19.6 Å². The van der Waals surface area contributed by atoms with E-state index in [0.29, 0.717) is 49.4 Å². The topological polar surface area (TPSA) is 115 Å². The van der Waals surface area contributed by atoms with Gasteiger partial charge in [0.2, 0.25) is 18.2 Å². The molecular formula is C26H42N4O5. The van der Waals surface area contributed by atoms with Crippen LogP contribution in [0.15, 0.2) is 22.8 Å². The van der Waals surface area contributed by atoms with Gasteiger partial charge in [0.1, 0.15) is 5.76 Å². The first kappa shape index (κ1) is 27.2. The Kier molecular flexibility index (Phi) is 10.2. The second-order valence-corrected chi connectivity index (χ2v) is 11.0. The van der Waals surface area contributed by atoms with Gasteiger partial charge in [-0.3, -0.25) is 19.6 Å². The van der Waals surface area contributed by atoms with Crippen molar-refractivity contribution in [2.45, 2.75) is 77.8 Å². The Hall–Kier alpha value is -2.39. The lowest BCUT2D eigenvalue weighted by molar-refractivity contribution is -0.155. The Morgan fingerprint density at radius 1 is 1.26 bits per heavy atom. The first-order valence-corrected chi connectivity index (χ1v) is 13.0. The number of piperidine rings is 1. The van der Waals surface area contributed by atoms with Crippen LogP contribution in [0.2, 0.25) is 0 Å². The Bertz CT molecular complexity index is 799. The van der Waals surface area contributed by atoms with Crippen LogP contribution < -0.4 is 10.6 Å². The first-order chi connectivity index (χ1) is 16.8. The normalized spacial score (nSPS) is 18.4. The number of nitrogens with zero attached hydrogens (tertiary/aromatic N) is 2. The quantitative estimate of drug-likeness (QED) is 0.222. The molecule has 1 aliphatic heterocycles. The fourth-order valence-electron chi connectivity index (χ4n) is 5.23. The molecular weight excluding hydrogens is 448 g/mol. The first-order valence-electron chi connectivity index (χ1n) is 13.0. The van der Waals surface area contributed by atoms with Gasteiger partial charge < -0.3 is 20.0 Å². The van der Waals surface area contributed by atoms with Gasteiger partial charge in [0.05, 0.1) is 25.3 Å². The molecule has 1 saturated carbocycles. The largest absolute Gasteiger partial charge is 0.468 e. The van der Waals surface area contributed by atoms with Gasteiger partial charge in [0.25, 0.3) is 0 Å². The molecule has 3 amide bonds. The molecule has 2 heterocycles. The second-order valence-electron chi connectivity index (χ2n) is 11.0. The molecule has 0 unspecified atom stereocenters. The van der Waals surface area contributed by atoms with E-state index in [0.717, 1.165) is 44.5 Å². The van der Waals surface area contributed by atoms with Crippen LogP contribution in [-0.2, 0) is 20.9 Å². The van der Waals surface area contributed by atoms with E-state index in [1.807, 2.05) is 30.9 Å². The van der Waals surface area contributed by atoms with Crippen LogP contribution in [0.4, 0.5) is 0 Å². The van der Waals surface area contributed by atoms with Crippen molar-refractivity contribution in [3.05, 3.63) is 24.2 Å². The number of hydrogen-bond acceptors (Lipinski definition) is 6. The molecule has 9 heteroatoms. The number of nitrogens with one attached hydrogen (secondary N) is 2. The summed E-state index contributed by atoms with van der Waals surface area (Å²) in [5.41, 5.74) is -0.400. The summed E-state index contributed by atoms with van der Waals surface area (Å²) in [6.45, 7) is 6.47. The lowest BCUT2D eigenvalue weighted by Gasteiger charge is -2.35. The predicted molar refractivity (Wildman–Crippen MR) is 131 cm³/mol. The predicted octanol–water partition coefficient (Wildman–Crippen LogP) is 2.94. The standard InChI is InChI=1S/C26H42N4O5/c1-26(2,18-28-25(33)21(17-30(34)19-31)14-20-6-3-4-7-20)15-24(32)29-11-9-22(10-12-29)27-16-23-8-5-13-35-23/h5,8,13,19-22,27,34H,3-4,6-7,9-12,14-18H2,1-2H3,(H,28,33)/t21-/m1/s1. The van der Waals surface area contributed by atoms with Crippen molar-refractivity contribution in [3.63, 3.8) is 0 Å². The van der Waals surface area contributed by atoms with Gasteiger partial charge in [0.15, 0.2) is 0 Å². The highest BCUT2D eigenvalue weighted by atomic mass is 16.5. The van der Waals surface area contributed by atoms with E-state index < -0.39 is 11.3 Å². The number of amides is 3. The minimum absolute atomic E-state index is 0.00586. The van der Waals surface area contributed by atoms with Crippen molar-refractivity contribution >= 4 is 18.2 Å². The number of carbonyl (C=O) groups excluding carboxylic acids is 3. The van der Waals surface area contributed by atoms with Gasteiger partial charge >= 0.3 is 0 Å². The highest BCUT2D eigenvalue weighted by molar-refractivity contribution is 5.80. The minimum atomic E-state index is -0.451. The zero-order valence-electron chi connectivity index (χ0n) is 21.2. The fraction of sp³-hybridized carbons (Fsp3) is 0.731. The summed E-state index contributed by atoms with van der Waals surface area (Å²) in [7, 11) is 0. The maximum atomic E-state index is 13.0. The van der Waals surface area contributed by atoms with E-state index in [2.05, 4.69) is 10.6 Å². The van der Waals surface area contributed by atoms with Gasteiger partial charge in [-0.15, -0.1) is 0 Å². The van der Waals surface area contributed by atoms with Crippen molar-refractivity contribution in [3.8, 4) is 0 Å². The van der Waals surface area contributed by atoms with Gasteiger partial charge in [0, 0.05) is 32.1 Å². The van der Waals surface area contributed by atoms with Crippen LogP contribution in [0.3, 0.4) is 0 Å². The van der Waals surface area contributed by atoms with Gasteiger partial charge in [-0.05, 0) is 42.7 Å². The van der Waals surface area contributed by atoms with Crippen LogP contribution in [-0.4, -0.2) is 65.6 Å². The molecule has 1 aliphatic carbocycles. The number of furan rings is 1. The highest BCUT2D eigenvalue weighted by Crippen LogP contribution is 2.31. The maximum absolute atomic E-state index is 13.0.